The minimum atomic E-state index is -0.702. The van der Waals surface area contributed by atoms with Crippen LogP contribution in [0.15, 0.2) is 53.6 Å². The van der Waals surface area contributed by atoms with E-state index in [2.05, 4.69) is 15.5 Å². The van der Waals surface area contributed by atoms with Gasteiger partial charge in [0.15, 0.2) is 0 Å². The number of urea groups is 1. The molecule has 0 unspecified atom stereocenters. The van der Waals surface area contributed by atoms with Crippen molar-refractivity contribution in [3.63, 3.8) is 0 Å². The number of nitrogens with two attached hydrogens (primary N) is 1. The summed E-state index contributed by atoms with van der Waals surface area (Å²) in [6.07, 6.45) is 1.50. The van der Waals surface area contributed by atoms with Gasteiger partial charge < -0.3 is 5.73 Å². The van der Waals surface area contributed by atoms with Gasteiger partial charge in [-0.15, -0.1) is 12.4 Å². The second-order valence-electron chi connectivity index (χ2n) is 4.29. The van der Waals surface area contributed by atoms with Crippen molar-refractivity contribution in [2.75, 3.05) is 0 Å². The van der Waals surface area contributed by atoms with Gasteiger partial charge in [0.2, 0.25) is 0 Å². The van der Waals surface area contributed by atoms with E-state index in [1.54, 1.807) is 0 Å². The molecule has 1 aromatic heterocycles. The number of para-hydroxylation sites is 1. The van der Waals surface area contributed by atoms with E-state index in [0.29, 0.717) is 5.69 Å². The molecule has 21 heavy (non-hydrogen) atoms. The maximum atomic E-state index is 10.6. The summed E-state index contributed by atoms with van der Waals surface area (Å²) >= 11 is 0. The molecule has 0 fully saturated rings. The number of nitrogens with zero attached hydrogens (tertiary/aromatic N) is 2. The summed E-state index contributed by atoms with van der Waals surface area (Å²) in [5.74, 6) is 0. The van der Waals surface area contributed by atoms with E-state index in [0.717, 1.165) is 21.7 Å². The van der Waals surface area contributed by atoms with Crippen molar-refractivity contribution in [2.24, 2.45) is 10.8 Å². The molecule has 0 saturated carbocycles. The van der Waals surface area contributed by atoms with Crippen LogP contribution in [0.2, 0.25) is 0 Å². The number of hydrazone groups is 1. The lowest BCUT2D eigenvalue weighted by Gasteiger charge is -2.06. The fourth-order valence-corrected chi connectivity index (χ4v) is 2.19. The van der Waals surface area contributed by atoms with Crippen LogP contribution in [0.5, 0.6) is 0 Å². The number of rotatable bonds is 2. The van der Waals surface area contributed by atoms with Crippen molar-refractivity contribution in [1.82, 2.24) is 10.4 Å². The number of nitrogens with one attached hydrogen (secondary N) is 1. The van der Waals surface area contributed by atoms with Gasteiger partial charge in [0, 0.05) is 10.8 Å². The van der Waals surface area contributed by atoms with E-state index in [9.17, 15) is 4.79 Å². The number of fused-ring (bicyclic) bond motifs is 3. The van der Waals surface area contributed by atoms with Crippen LogP contribution in [-0.4, -0.2) is 17.2 Å². The molecule has 106 valence electrons. The first kappa shape index (κ1) is 14.7. The minimum Gasteiger partial charge on any atom is -0.350 e. The molecule has 2 aromatic carbocycles. The smallest absolute Gasteiger partial charge is 0.332 e. The molecule has 3 rings (SSSR count). The van der Waals surface area contributed by atoms with Gasteiger partial charge in [0.1, 0.15) is 0 Å². The number of carbonyl (C=O) groups excluding carboxylic acids is 1. The highest BCUT2D eigenvalue weighted by molar-refractivity contribution is 6.11. The van der Waals surface area contributed by atoms with Crippen LogP contribution in [-0.2, 0) is 0 Å². The van der Waals surface area contributed by atoms with Crippen LogP contribution in [0.4, 0.5) is 4.79 Å². The molecule has 0 bridgehead atoms. The van der Waals surface area contributed by atoms with Crippen molar-refractivity contribution in [2.45, 2.75) is 0 Å². The van der Waals surface area contributed by atoms with Crippen LogP contribution >= 0.6 is 12.4 Å². The maximum absolute atomic E-state index is 10.6. The molecular weight excluding hydrogens is 288 g/mol. The topological polar surface area (TPSA) is 80.4 Å². The number of hydrogen-bond acceptors (Lipinski definition) is 3. The first-order valence-electron chi connectivity index (χ1n) is 6.12. The molecule has 0 radical (unpaired) electrons. The molecule has 2 amide bonds. The Morgan fingerprint density at radius 1 is 1.05 bits per heavy atom. The number of primary amides is 1. The number of pyridine rings is 1. The van der Waals surface area contributed by atoms with Crippen LogP contribution in [0.25, 0.3) is 21.7 Å². The Bertz CT molecular complexity index is 832. The number of benzene rings is 2. The van der Waals surface area contributed by atoms with Crippen molar-refractivity contribution in [3.05, 3.63) is 54.2 Å². The molecule has 5 nitrogen and oxygen atoms in total. The lowest BCUT2D eigenvalue weighted by Crippen LogP contribution is -2.24. The standard InChI is InChI=1S/C15H12N4O.ClH/c16-15(20)19-17-9-14-12-7-2-1-5-10(12)11-6-3-4-8-13(11)18-14;/h1-9H,(H3,16,19,20);1H/b17-9-;. The summed E-state index contributed by atoms with van der Waals surface area (Å²) < 4.78 is 0. The summed E-state index contributed by atoms with van der Waals surface area (Å²) in [4.78, 5) is 15.2. The van der Waals surface area contributed by atoms with Gasteiger partial charge in [-0.25, -0.2) is 15.2 Å². The molecule has 0 aliphatic carbocycles. The van der Waals surface area contributed by atoms with E-state index in [4.69, 9.17) is 5.73 Å². The zero-order valence-electron chi connectivity index (χ0n) is 11.0. The summed E-state index contributed by atoms with van der Waals surface area (Å²) in [5.41, 5.74) is 8.72. The van der Waals surface area contributed by atoms with Gasteiger partial charge in [-0.1, -0.05) is 42.5 Å². The average Bonchev–Trinajstić information content (AvgIpc) is 2.47. The van der Waals surface area contributed by atoms with Crippen LogP contribution in [0.1, 0.15) is 5.69 Å². The molecule has 3 N–H and O–H groups in total. The second-order valence-corrected chi connectivity index (χ2v) is 4.29. The van der Waals surface area contributed by atoms with E-state index < -0.39 is 6.03 Å². The summed E-state index contributed by atoms with van der Waals surface area (Å²) in [7, 11) is 0. The number of amides is 2. The monoisotopic (exact) mass is 300 g/mol. The van der Waals surface area contributed by atoms with Gasteiger partial charge in [-0.2, -0.15) is 5.10 Å². The van der Waals surface area contributed by atoms with Crippen LogP contribution < -0.4 is 11.2 Å². The predicted molar refractivity (Wildman–Crippen MR) is 86.8 cm³/mol. The fourth-order valence-electron chi connectivity index (χ4n) is 2.19. The fraction of sp³-hybridized carbons (Fsp3) is 0. The normalized spacial score (nSPS) is 10.7. The average molecular weight is 301 g/mol. The molecular formula is C15H13ClN4O. The number of aromatic nitrogens is 1. The van der Waals surface area contributed by atoms with E-state index in [1.807, 2.05) is 48.5 Å². The summed E-state index contributed by atoms with van der Waals surface area (Å²) in [6, 6.07) is 15.1. The number of hydrogen-bond donors (Lipinski definition) is 2. The van der Waals surface area contributed by atoms with Crippen molar-refractivity contribution < 1.29 is 4.79 Å². The second kappa shape index (κ2) is 6.19. The number of carbonyl (C=O) groups is 1. The van der Waals surface area contributed by atoms with E-state index >= 15 is 0 Å². The van der Waals surface area contributed by atoms with Gasteiger partial charge in [-0.05, 0) is 11.5 Å². The third kappa shape index (κ3) is 2.93. The Labute approximate surface area is 127 Å². The first-order chi connectivity index (χ1) is 9.75. The first-order valence-corrected chi connectivity index (χ1v) is 6.12. The Morgan fingerprint density at radius 2 is 1.67 bits per heavy atom. The van der Waals surface area contributed by atoms with Gasteiger partial charge in [0.25, 0.3) is 0 Å². The van der Waals surface area contributed by atoms with Gasteiger partial charge in [-0.3, -0.25) is 0 Å². The van der Waals surface area contributed by atoms with Crippen LogP contribution in [0.3, 0.4) is 0 Å². The highest BCUT2D eigenvalue weighted by atomic mass is 35.5. The lowest BCUT2D eigenvalue weighted by atomic mass is 10.0. The van der Waals surface area contributed by atoms with Crippen molar-refractivity contribution in [1.29, 1.82) is 0 Å². The van der Waals surface area contributed by atoms with Gasteiger partial charge >= 0.3 is 6.03 Å². The maximum Gasteiger partial charge on any atom is 0.332 e. The molecule has 0 aliphatic heterocycles. The summed E-state index contributed by atoms with van der Waals surface area (Å²) in [6.45, 7) is 0. The molecule has 0 aliphatic rings. The molecule has 0 spiro atoms. The van der Waals surface area contributed by atoms with Gasteiger partial charge in [0.05, 0.1) is 17.4 Å². The highest BCUT2D eigenvalue weighted by Gasteiger charge is 2.05. The third-order valence-corrected chi connectivity index (χ3v) is 3.00. The Kier molecular flexibility index (Phi) is 4.35. The Morgan fingerprint density at radius 3 is 2.38 bits per heavy atom. The highest BCUT2D eigenvalue weighted by Crippen LogP contribution is 2.25. The van der Waals surface area contributed by atoms with E-state index in [-0.39, 0.29) is 12.4 Å². The minimum absolute atomic E-state index is 0. The zero-order chi connectivity index (χ0) is 13.9. The largest absolute Gasteiger partial charge is 0.350 e. The Balaban J connectivity index is 0.00000161. The van der Waals surface area contributed by atoms with E-state index in [1.165, 1.54) is 6.21 Å². The molecule has 6 heteroatoms. The van der Waals surface area contributed by atoms with Crippen LogP contribution in [0, 0.1) is 0 Å². The third-order valence-electron chi connectivity index (χ3n) is 3.00. The summed E-state index contributed by atoms with van der Waals surface area (Å²) in [5, 5.41) is 6.94. The van der Waals surface area contributed by atoms with Crippen molar-refractivity contribution >= 4 is 46.3 Å². The van der Waals surface area contributed by atoms with Crippen molar-refractivity contribution in [3.8, 4) is 0 Å². The quantitative estimate of drug-likeness (QED) is 0.433. The number of halogens is 1. The molecule has 0 atom stereocenters. The molecule has 1 heterocycles. The molecule has 0 saturated heterocycles. The SMILES string of the molecule is Cl.NC(=O)N/N=C\c1nc2ccccc2c2ccccc12. The molecule has 3 aromatic rings. The lowest BCUT2D eigenvalue weighted by molar-refractivity contribution is 0.249. The Hall–Kier alpha value is -2.66. The predicted octanol–water partition coefficient (Wildman–Crippen LogP) is 2.81. The zero-order valence-corrected chi connectivity index (χ0v) is 11.8.